The molecule has 3 aromatic carbocycles. The molecule has 0 saturated carbocycles. The van der Waals surface area contributed by atoms with Crippen molar-refractivity contribution in [1.29, 1.82) is 0 Å². The Morgan fingerprint density at radius 3 is 2.48 bits per heavy atom. The first kappa shape index (κ1) is 24.3. The zero-order chi connectivity index (χ0) is 27.1. The number of aromatic nitrogens is 5. The number of rotatable bonds is 6. The molecule has 0 radical (unpaired) electrons. The summed E-state index contributed by atoms with van der Waals surface area (Å²) in [6.45, 7) is 0. The molecule has 7 nitrogen and oxygen atoms in total. The standard InChI is InChI=1S/C31H21ClN6OS/c1-38-18-33-17-26(38)28-16-25-30(40-28)27(14-15-34-25)39-22-12-10-21(11-13-22)35-31-24-5-3-2-4-23(24)29(36-37-31)19-6-8-20(32)9-7-19/h2-18H,1H3,(H,35,37). The summed E-state index contributed by atoms with van der Waals surface area (Å²) in [5, 5.41) is 15.1. The second-order valence-corrected chi connectivity index (χ2v) is 10.7. The predicted octanol–water partition coefficient (Wildman–Crippen LogP) is 8.50. The van der Waals surface area contributed by atoms with E-state index in [0.29, 0.717) is 10.8 Å². The van der Waals surface area contributed by atoms with Crippen molar-refractivity contribution in [2.75, 3.05) is 5.32 Å². The highest BCUT2D eigenvalue weighted by Gasteiger charge is 2.14. The van der Waals surface area contributed by atoms with Gasteiger partial charge in [0.05, 0.1) is 33.3 Å². The second kappa shape index (κ2) is 10.1. The number of thiophene rings is 1. The normalized spacial score (nSPS) is 11.2. The molecule has 0 atom stereocenters. The lowest BCUT2D eigenvalue weighted by Gasteiger charge is -2.12. The molecule has 4 aromatic heterocycles. The van der Waals surface area contributed by atoms with Crippen LogP contribution in [0, 0.1) is 0 Å². The summed E-state index contributed by atoms with van der Waals surface area (Å²) < 4.78 is 9.27. The van der Waals surface area contributed by atoms with Crippen molar-refractivity contribution in [2.45, 2.75) is 0 Å². The molecule has 0 aliphatic carbocycles. The van der Waals surface area contributed by atoms with E-state index in [1.165, 1.54) is 0 Å². The molecule has 0 amide bonds. The zero-order valence-corrected chi connectivity index (χ0v) is 22.8. The summed E-state index contributed by atoms with van der Waals surface area (Å²) >= 11 is 7.72. The largest absolute Gasteiger partial charge is 0.456 e. The van der Waals surface area contributed by atoms with Crippen LogP contribution in [0.25, 0.3) is 42.8 Å². The molecule has 4 heterocycles. The number of halogens is 1. The van der Waals surface area contributed by atoms with E-state index >= 15 is 0 Å². The number of anilines is 2. The van der Waals surface area contributed by atoms with Gasteiger partial charge in [-0.25, -0.2) is 4.98 Å². The molecule has 0 aliphatic rings. The van der Waals surface area contributed by atoms with E-state index in [0.717, 1.165) is 60.0 Å². The molecule has 9 heteroatoms. The van der Waals surface area contributed by atoms with Gasteiger partial charge < -0.3 is 14.6 Å². The van der Waals surface area contributed by atoms with Gasteiger partial charge in [-0.15, -0.1) is 21.5 Å². The van der Waals surface area contributed by atoms with Crippen LogP contribution in [-0.2, 0) is 7.05 Å². The minimum Gasteiger partial charge on any atom is -0.456 e. The molecule has 0 saturated heterocycles. The number of nitrogens with one attached hydrogen (secondary N) is 1. The number of ether oxygens (including phenoxy) is 1. The van der Waals surface area contributed by atoms with Crippen molar-refractivity contribution in [3.8, 4) is 33.3 Å². The van der Waals surface area contributed by atoms with Crippen LogP contribution in [0.4, 0.5) is 11.5 Å². The van der Waals surface area contributed by atoms with Gasteiger partial charge in [-0.3, -0.25) is 4.98 Å². The third kappa shape index (κ3) is 4.53. The fourth-order valence-electron chi connectivity index (χ4n) is 4.60. The van der Waals surface area contributed by atoms with Crippen LogP contribution in [0.3, 0.4) is 0 Å². The molecule has 0 fully saturated rings. The summed E-state index contributed by atoms with van der Waals surface area (Å²) in [6.07, 6.45) is 5.42. The fourth-order valence-corrected chi connectivity index (χ4v) is 5.85. The Balaban J connectivity index is 1.14. The lowest BCUT2D eigenvalue weighted by atomic mass is 10.0. The van der Waals surface area contributed by atoms with Crippen LogP contribution in [0.5, 0.6) is 11.5 Å². The summed E-state index contributed by atoms with van der Waals surface area (Å²) in [4.78, 5) is 9.86. The molecule has 1 N–H and O–H groups in total. The molecule has 0 bridgehead atoms. The third-order valence-corrected chi connectivity index (χ3v) is 8.01. The van der Waals surface area contributed by atoms with E-state index in [4.69, 9.17) is 16.3 Å². The molecule has 40 heavy (non-hydrogen) atoms. The lowest BCUT2D eigenvalue weighted by Crippen LogP contribution is -1.99. The quantitative estimate of drug-likeness (QED) is 0.220. The maximum absolute atomic E-state index is 6.28. The van der Waals surface area contributed by atoms with Gasteiger partial charge in [0, 0.05) is 46.4 Å². The number of benzene rings is 3. The smallest absolute Gasteiger partial charge is 0.161 e. The topological polar surface area (TPSA) is 77.8 Å². The molecule has 0 unspecified atom stereocenters. The average Bonchev–Trinajstić information content (AvgIpc) is 3.61. The summed E-state index contributed by atoms with van der Waals surface area (Å²) in [6, 6.07) is 27.5. The first-order valence-corrected chi connectivity index (χ1v) is 13.7. The van der Waals surface area contributed by atoms with Gasteiger partial charge in [-0.1, -0.05) is 48.0 Å². The van der Waals surface area contributed by atoms with Crippen molar-refractivity contribution < 1.29 is 4.74 Å². The molecule has 7 rings (SSSR count). The van der Waals surface area contributed by atoms with Crippen molar-refractivity contribution in [3.63, 3.8) is 0 Å². The predicted molar refractivity (Wildman–Crippen MR) is 162 cm³/mol. The van der Waals surface area contributed by atoms with Gasteiger partial charge in [0.1, 0.15) is 17.2 Å². The van der Waals surface area contributed by atoms with E-state index < -0.39 is 0 Å². The van der Waals surface area contributed by atoms with Gasteiger partial charge in [-0.2, -0.15) is 0 Å². The van der Waals surface area contributed by atoms with E-state index in [9.17, 15) is 0 Å². The van der Waals surface area contributed by atoms with Gasteiger partial charge in [-0.05, 0) is 42.5 Å². The van der Waals surface area contributed by atoms with E-state index in [1.54, 1.807) is 23.9 Å². The molecular weight excluding hydrogens is 540 g/mol. The maximum atomic E-state index is 6.28. The fraction of sp³-hybridized carbons (Fsp3) is 0.0323. The van der Waals surface area contributed by atoms with Crippen LogP contribution < -0.4 is 10.1 Å². The van der Waals surface area contributed by atoms with Gasteiger partial charge >= 0.3 is 0 Å². The van der Waals surface area contributed by atoms with Crippen LogP contribution >= 0.6 is 22.9 Å². The number of imidazole rings is 1. The summed E-state index contributed by atoms with van der Waals surface area (Å²) in [7, 11) is 1.98. The van der Waals surface area contributed by atoms with Crippen LogP contribution in [0.15, 0.2) is 104 Å². The third-order valence-electron chi connectivity index (χ3n) is 6.59. The number of nitrogens with zero attached hydrogens (tertiary/aromatic N) is 5. The number of aryl methyl sites for hydroxylation is 1. The number of fused-ring (bicyclic) bond motifs is 2. The molecular formula is C31H21ClN6OS. The van der Waals surface area contributed by atoms with Crippen molar-refractivity contribution in [1.82, 2.24) is 24.7 Å². The molecule has 0 spiro atoms. The Labute approximate surface area is 238 Å². The average molecular weight is 561 g/mol. The highest BCUT2D eigenvalue weighted by Crippen LogP contribution is 2.39. The number of hydrogen-bond donors (Lipinski definition) is 1. The Morgan fingerprint density at radius 2 is 1.70 bits per heavy atom. The zero-order valence-electron chi connectivity index (χ0n) is 21.2. The Kier molecular flexibility index (Phi) is 6.11. The first-order chi connectivity index (χ1) is 19.6. The summed E-state index contributed by atoms with van der Waals surface area (Å²) in [5.41, 5.74) is 4.58. The second-order valence-electron chi connectivity index (χ2n) is 9.23. The monoisotopic (exact) mass is 560 g/mol. The number of hydrogen-bond acceptors (Lipinski definition) is 7. The minimum absolute atomic E-state index is 0.680. The van der Waals surface area contributed by atoms with Gasteiger partial charge in [0.15, 0.2) is 5.82 Å². The van der Waals surface area contributed by atoms with Crippen LogP contribution in [-0.4, -0.2) is 24.7 Å². The van der Waals surface area contributed by atoms with Gasteiger partial charge in [0.25, 0.3) is 0 Å². The molecule has 7 aromatic rings. The van der Waals surface area contributed by atoms with Crippen LogP contribution in [0.2, 0.25) is 5.02 Å². The molecule has 0 aliphatic heterocycles. The Morgan fingerprint density at radius 1 is 0.900 bits per heavy atom. The van der Waals surface area contributed by atoms with Crippen LogP contribution in [0.1, 0.15) is 0 Å². The highest BCUT2D eigenvalue weighted by atomic mass is 35.5. The van der Waals surface area contributed by atoms with E-state index in [1.807, 2.05) is 90.6 Å². The van der Waals surface area contributed by atoms with Crippen molar-refractivity contribution in [3.05, 3.63) is 109 Å². The highest BCUT2D eigenvalue weighted by molar-refractivity contribution is 7.22. The minimum atomic E-state index is 0.680. The first-order valence-electron chi connectivity index (χ1n) is 12.5. The van der Waals surface area contributed by atoms with E-state index in [2.05, 4.69) is 37.6 Å². The maximum Gasteiger partial charge on any atom is 0.161 e. The lowest BCUT2D eigenvalue weighted by molar-refractivity contribution is 0.489. The van der Waals surface area contributed by atoms with Crippen molar-refractivity contribution in [2.24, 2.45) is 7.05 Å². The van der Waals surface area contributed by atoms with E-state index in [-0.39, 0.29) is 0 Å². The van der Waals surface area contributed by atoms with Gasteiger partial charge in [0.2, 0.25) is 0 Å². The SMILES string of the molecule is Cn1cncc1-c1cc2nccc(Oc3ccc(Nc4nnc(-c5ccc(Cl)cc5)c5ccccc45)cc3)c2s1. The van der Waals surface area contributed by atoms with Crippen molar-refractivity contribution >= 4 is 55.4 Å². The Bertz CT molecular complexity index is 1980. The number of pyridine rings is 1. The molecule has 194 valence electrons. The Hall–Kier alpha value is -4.79. The summed E-state index contributed by atoms with van der Waals surface area (Å²) in [5.74, 6) is 2.17.